The zero-order valence-corrected chi connectivity index (χ0v) is 16.7. The zero-order valence-electron chi connectivity index (χ0n) is 15.9. The van der Waals surface area contributed by atoms with Crippen LogP contribution in [0.4, 0.5) is 10.1 Å². The quantitative estimate of drug-likeness (QED) is 0.644. The lowest BCUT2D eigenvalue weighted by molar-refractivity contribution is 0.0952. The van der Waals surface area contributed by atoms with E-state index < -0.39 is 27.2 Å². The van der Waals surface area contributed by atoms with Crippen LogP contribution in [0.1, 0.15) is 23.7 Å². The van der Waals surface area contributed by atoms with Crippen LogP contribution < -0.4 is 15.1 Å². The minimum Gasteiger partial charge on any atom is -0.360 e. The molecule has 152 valence electrons. The number of hydrogen-bond donors (Lipinski definition) is 2. The molecule has 29 heavy (non-hydrogen) atoms. The van der Waals surface area contributed by atoms with Crippen molar-refractivity contribution in [3.05, 3.63) is 70.3 Å². The van der Waals surface area contributed by atoms with Gasteiger partial charge in [-0.1, -0.05) is 6.92 Å². The van der Waals surface area contributed by atoms with Crippen molar-refractivity contribution < 1.29 is 17.6 Å². The summed E-state index contributed by atoms with van der Waals surface area (Å²) in [5.41, 5.74) is 0.0275. The molecule has 0 saturated carbocycles. The van der Waals surface area contributed by atoms with Crippen molar-refractivity contribution in [2.24, 2.45) is 0 Å². The number of nitrogens with zero attached hydrogens (tertiary/aromatic N) is 1. The summed E-state index contributed by atoms with van der Waals surface area (Å²) in [7, 11) is -2.66. The number of aromatic nitrogens is 1. The number of fused-ring (bicyclic) bond motifs is 1. The Morgan fingerprint density at radius 1 is 1.17 bits per heavy atom. The number of carbonyl (C=O) groups excluding carboxylic acids is 1. The van der Waals surface area contributed by atoms with Gasteiger partial charge < -0.3 is 10.3 Å². The molecule has 0 aliphatic rings. The SMILES string of the molecule is CCCNC(=O)c1c[nH]c2ccc(S(=O)(=O)N(C)c3ccc(F)cc3)cc2c1=O. The van der Waals surface area contributed by atoms with Crippen molar-refractivity contribution in [1.29, 1.82) is 0 Å². The number of amides is 1. The standard InChI is InChI=1S/C20H20FN3O4S/c1-3-10-22-20(26)17-12-23-18-9-8-15(11-16(18)19(17)25)29(27,28)24(2)14-6-4-13(21)5-7-14/h4-9,11-12H,3,10H2,1-2H3,(H,22,26)(H,23,25). The molecule has 0 radical (unpaired) electrons. The fourth-order valence-corrected chi connectivity index (χ4v) is 4.03. The monoisotopic (exact) mass is 417 g/mol. The molecule has 2 aromatic carbocycles. The number of benzene rings is 2. The average molecular weight is 417 g/mol. The first-order chi connectivity index (χ1) is 13.8. The molecule has 1 amide bonds. The third-order valence-electron chi connectivity index (χ3n) is 4.48. The van der Waals surface area contributed by atoms with Gasteiger partial charge >= 0.3 is 0 Å². The third-order valence-corrected chi connectivity index (χ3v) is 6.26. The van der Waals surface area contributed by atoms with Crippen LogP contribution >= 0.6 is 0 Å². The Morgan fingerprint density at radius 3 is 2.52 bits per heavy atom. The summed E-state index contributed by atoms with van der Waals surface area (Å²) in [4.78, 5) is 27.7. The highest BCUT2D eigenvalue weighted by Crippen LogP contribution is 2.24. The number of sulfonamides is 1. The number of nitrogens with one attached hydrogen (secondary N) is 2. The van der Waals surface area contributed by atoms with Gasteiger partial charge in [0.25, 0.3) is 15.9 Å². The van der Waals surface area contributed by atoms with Gasteiger partial charge in [-0.05, 0) is 48.9 Å². The van der Waals surface area contributed by atoms with E-state index >= 15 is 0 Å². The number of aromatic amines is 1. The second-order valence-corrected chi connectivity index (χ2v) is 8.41. The van der Waals surface area contributed by atoms with Crippen molar-refractivity contribution in [3.8, 4) is 0 Å². The third kappa shape index (κ3) is 4.00. The Morgan fingerprint density at radius 2 is 1.86 bits per heavy atom. The lowest BCUT2D eigenvalue weighted by Crippen LogP contribution is -2.29. The summed E-state index contributed by atoms with van der Waals surface area (Å²) in [5.74, 6) is -1.00. The van der Waals surface area contributed by atoms with Crippen LogP contribution in [0.2, 0.25) is 0 Å². The number of hydrogen-bond acceptors (Lipinski definition) is 4. The summed E-state index contributed by atoms with van der Waals surface area (Å²) >= 11 is 0. The molecule has 1 aromatic heterocycles. The molecule has 7 nitrogen and oxygen atoms in total. The highest BCUT2D eigenvalue weighted by atomic mass is 32.2. The minimum atomic E-state index is -4.00. The van der Waals surface area contributed by atoms with Gasteiger partial charge in [0, 0.05) is 30.7 Å². The molecule has 0 atom stereocenters. The first kappa shape index (κ1) is 20.5. The van der Waals surface area contributed by atoms with Gasteiger partial charge in [0.05, 0.1) is 10.6 Å². The molecule has 3 rings (SSSR count). The second kappa shape index (κ2) is 8.04. The van der Waals surface area contributed by atoms with Gasteiger partial charge in [0.2, 0.25) is 5.43 Å². The molecular formula is C20H20FN3O4S. The summed E-state index contributed by atoms with van der Waals surface area (Å²) < 4.78 is 40.1. The Hall–Kier alpha value is -3.20. The van der Waals surface area contributed by atoms with Crippen molar-refractivity contribution in [2.45, 2.75) is 18.2 Å². The van der Waals surface area contributed by atoms with Crippen LogP contribution in [0, 0.1) is 5.82 Å². The van der Waals surface area contributed by atoms with Crippen LogP contribution in [0.25, 0.3) is 10.9 Å². The van der Waals surface area contributed by atoms with E-state index in [4.69, 9.17) is 0 Å². The number of H-pyrrole nitrogens is 1. The number of anilines is 1. The van der Waals surface area contributed by atoms with Crippen LogP contribution in [0.3, 0.4) is 0 Å². The Bertz CT molecular complexity index is 1220. The Labute approximate surface area is 167 Å². The van der Waals surface area contributed by atoms with Gasteiger partial charge in [0.15, 0.2) is 0 Å². The lowest BCUT2D eigenvalue weighted by Gasteiger charge is -2.19. The molecule has 0 unspecified atom stereocenters. The normalized spacial score (nSPS) is 11.4. The van der Waals surface area contributed by atoms with E-state index in [0.29, 0.717) is 12.1 Å². The van der Waals surface area contributed by atoms with Crippen molar-refractivity contribution >= 4 is 32.5 Å². The highest BCUT2D eigenvalue weighted by molar-refractivity contribution is 7.92. The van der Waals surface area contributed by atoms with E-state index in [1.165, 1.54) is 43.6 Å². The number of rotatable bonds is 6. The Balaban J connectivity index is 2.05. The van der Waals surface area contributed by atoms with E-state index in [-0.39, 0.29) is 21.5 Å². The number of carbonyl (C=O) groups is 1. The van der Waals surface area contributed by atoms with Gasteiger partial charge in [-0.2, -0.15) is 0 Å². The average Bonchev–Trinajstić information content (AvgIpc) is 2.72. The van der Waals surface area contributed by atoms with E-state index in [9.17, 15) is 22.4 Å². The maximum Gasteiger partial charge on any atom is 0.264 e. The largest absolute Gasteiger partial charge is 0.360 e. The molecule has 3 aromatic rings. The minimum absolute atomic E-state index is 0.0859. The smallest absolute Gasteiger partial charge is 0.264 e. The van der Waals surface area contributed by atoms with Crippen molar-refractivity contribution in [1.82, 2.24) is 10.3 Å². The maximum atomic E-state index is 13.1. The van der Waals surface area contributed by atoms with Crippen molar-refractivity contribution in [2.75, 3.05) is 17.9 Å². The summed E-state index contributed by atoms with van der Waals surface area (Å²) in [6.07, 6.45) is 2.03. The van der Waals surface area contributed by atoms with Gasteiger partial charge in [-0.25, -0.2) is 12.8 Å². The van der Waals surface area contributed by atoms with E-state index in [2.05, 4.69) is 10.3 Å². The van der Waals surface area contributed by atoms with Gasteiger partial charge in [-0.3, -0.25) is 13.9 Å². The number of halogens is 1. The number of pyridine rings is 1. The summed E-state index contributed by atoms with van der Waals surface area (Å²) in [6.45, 7) is 2.31. The van der Waals surface area contributed by atoms with Crippen LogP contribution in [-0.2, 0) is 10.0 Å². The van der Waals surface area contributed by atoms with Crippen LogP contribution in [-0.4, -0.2) is 32.9 Å². The topological polar surface area (TPSA) is 99.3 Å². The maximum absolute atomic E-state index is 13.1. The predicted octanol–water partition coefficient (Wildman–Crippen LogP) is 2.63. The Kier molecular flexibility index (Phi) is 5.69. The van der Waals surface area contributed by atoms with Crippen LogP contribution in [0.15, 0.2) is 58.4 Å². The zero-order chi connectivity index (χ0) is 21.2. The molecule has 0 fully saturated rings. The molecular weight excluding hydrogens is 397 g/mol. The van der Waals surface area contributed by atoms with Gasteiger partial charge in [0.1, 0.15) is 11.4 Å². The first-order valence-corrected chi connectivity index (χ1v) is 10.4. The molecule has 0 aliphatic carbocycles. The van der Waals surface area contributed by atoms with E-state index in [1.54, 1.807) is 0 Å². The fraction of sp³-hybridized carbons (Fsp3) is 0.200. The first-order valence-electron chi connectivity index (χ1n) is 8.94. The lowest BCUT2D eigenvalue weighted by atomic mass is 10.1. The van der Waals surface area contributed by atoms with Gasteiger partial charge in [-0.15, -0.1) is 0 Å². The highest BCUT2D eigenvalue weighted by Gasteiger charge is 2.23. The molecule has 0 saturated heterocycles. The fourth-order valence-electron chi connectivity index (χ4n) is 2.81. The molecule has 9 heteroatoms. The van der Waals surface area contributed by atoms with Crippen molar-refractivity contribution in [3.63, 3.8) is 0 Å². The molecule has 0 bridgehead atoms. The molecule has 0 spiro atoms. The summed E-state index contributed by atoms with van der Waals surface area (Å²) in [6, 6.07) is 9.08. The van der Waals surface area contributed by atoms with Crippen LogP contribution in [0.5, 0.6) is 0 Å². The van der Waals surface area contributed by atoms with E-state index in [0.717, 1.165) is 22.9 Å². The molecule has 0 aliphatic heterocycles. The second-order valence-electron chi connectivity index (χ2n) is 6.44. The summed E-state index contributed by atoms with van der Waals surface area (Å²) in [5, 5.41) is 2.71. The van der Waals surface area contributed by atoms with E-state index in [1.807, 2.05) is 6.92 Å². The molecule has 2 N–H and O–H groups in total. The molecule has 1 heterocycles. The predicted molar refractivity (Wildman–Crippen MR) is 109 cm³/mol.